The average Bonchev–Trinajstić information content (AvgIpc) is 3.27. The van der Waals surface area contributed by atoms with Gasteiger partial charge in [0.15, 0.2) is 5.96 Å². The monoisotopic (exact) mass is 512 g/mol. The zero-order valence-corrected chi connectivity index (χ0v) is 19.0. The van der Waals surface area contributed by atoms with Gasteiger partial charge in [0.25, 0.3) is 0 Å². The molecule has 1 fully saturated rings. The minimum absolute atomic E-state index is 0. The van der Waals surface area contributed by atoms with E-state index in [1.165, 1.54) is 0 Å². The SMILES string of the molecule is CN=C(NCCC(=O)N1CCN(c2ccccn2)CC1)NCCc1ccco1.I. The molecule has 2 N–H and O–H groups in total. The van der Waals surface area contributed by atoms with E-state index in [1.54, 1.807) is 19.5 Å². The molecule has 1 amide bonds. The van der Waals surface area contributed by atoms with Gasteiger partial charge in [-0.1, -0.05) is 6.07 Å². The summed E-state index contributed by atoms with van der Waals surface area (Å²) in [4.78, 5) is 25.2. The molecule has 2 aromatic rings. The summed E-state index contributed by atoms with van der Waals surface area (Å²) in [5.74, 6) is 2.77. The molecule has 0 bridgehead atoms. The minimum atomic E-state index is 0. The Morgan fingerprint density at radius 2 is 1.93 bits per heavy atom. The molecule has 0 aliphatic carbocycles. The van der Waals surface area contributed by atoms with Crippen molar-refractivity contribution in [3.8, 4) is 0 Å². The van der Waals surface area contributed by atoms with Crippen molar-refractivity contribution in [2.24, 2.45) is 4.99 Å². The summed E-state index contributed by atoms with van der Waals surface area (Å²) < 4.78 is 5.31. The molecule has 3 rings (SSSR count). The lowest BCUT2D eigenvalue weighted by Gasteiger charge is -2.35. The summed E-state index contributed by atoms with van der Waals surface area (Å²) in [5, 5.41) is 6.42. The van der Waals surface area contributed by atoms with Crippen molar-refractivity contribution >= 4 is 41.7 Å². The van der Waals surface area contributed by atoms with E-state index in [4.69, 9.17) is 4.42 Å². The molecule has 29 heavy (non-hydrogen) atoms. The van der Waals surface area contributed by atoms with Gasteiger partial charge in [0.05, 0.1) is 6.26 Å². The van der Waals surface area contributed by atoms with E-state index in [-0.39, 0.29) is 29.9 Å². The number of aromatic nitrogens is 1. The molecule has 0 spiro atoms. The Hall–Kier alpha value is -2.30. The highest BCUT2D eigenvalue weighted by atomic mass is 127. The minimum Gasteiger partial charge on any atom is -0.469 e. The molecular weight excluding hydrogens is 483 g/mol. The summed E-state index contributed by atoms with van der Waals surface area (Å²) in [5.41, 5.74) is 0. The highest BCUT2D eigenvalue weighted by Gasteiger charge is 2.21. The number of nitrogens with zero attached hydrogens (tertiary/aromatic N) is 4. The zero-order chi connectivity index (χ0) is 19.6. The molecule has 3 heterocycles. The lowest BCUT2D eigenvalue weighted by Crippen LogP contribution is -2.49. The maximum absolute atomic E-state index is 12.5. The van der Waals surface area contributed by atoms with Crippen molar-refractivity contribution in [3.63, 3.8) is 0 Å². The number of nitrogens with one attached hydrogen (secondary N) is 2. The number of furan rings is 1. The molecule has 0 radical (unpaired) electrons. The summed E-state index contributed by atoms with van der Waals surface area (Å²) in [6.07, 6.45) is 4.70. The number of rotatable bonds is 7. The molecule has 9 heteroatoms. The van der Waals surface area contributed by atoms with Crippen LogP contribution in [0.15, 0.2) is 52.2 Å². The number of carbonyl (C=O) groups excluding carboxylic acids is 1. The quantitative estimate of drug-likeness (QED) is 0.334. The summed E-state index contributed by atoms with van der Waals surface area (Å²) in [6.45, 7) is 4.35. The Morgan fingerprint density at radius 3 is 2.59 bits per heavy atom. The van der Waals surface area contributed by atoms with Crippen LogP contribution in [0.5, 0.6) is 0 Å². The van der Waals surface area contributed by atoms with E-state index < -0.39 is 0 Å². The second-order valence-electron chi connectivity index (χ2n) is 6.56. The van der Waals surface area contributed by atoms with Crippen molar-refractivity contribution < 1.29 is 9.21 Å². The van der Waals surface area contributed by atoms with Gasteiger partial charge in [0, 0.05) is 65.4 Å². The van der Waals surface area contributed by atoms with Crippen LogP contribution in [0.1, 0.15) is 12.2 Å². The zero-order valence-electron chi connectivity index (χ0n) is 16.7. The summed E-state index contributed by atoms with van der Waals surface area (Å²) in [7, 11) is 1.72. The van der Waals surface area contributed by atoms with Crippen molar-refractivity contribution in [1.29, 1.82) is 0 Å². The first-order valence-corrected chi connectivity index (χ1v) is 9.67. The van der Waals surface area contributed by atoms with Crippen LogP contribution in [0.3, 0.4) is 0 Å². The van der Waals surface area contributed by atoms with Crippen molar-refractivity contribution in [3.05, 3.63) is 48.6 Å². The molecular formula is C20H29IN6O2. The van der Waals surface area contributed by atoms with Crippen LogP contribution < -0.4 is 15.5 Å². The number of carbonyl (C=O) groups is 1. The van der Waals surface area contributed by atoms with E-state index in [2.05, 4.69) is 25.5 Å². The number of guanidine groups is 1. The fourth-order valence-electron chi connectivity index (χ4n) is 3.15. The second kappa shape index (κ2) is 12.3. The Balaban J connectivity index is 0.00000300. The fraction of sp³-hybridized carbons (Fsp3) is 0.450. The van der Waals surface area contributed by atoms with Crippen LogP contribution in [0.2, 0.25) is 0 Å². The third-order valence-corrected chi connectivity index (χ3v) is 4.70. The Labute approximate surface area is 188 Å². The summed E-state index contributed by atoms with van der Waals surface area (Å²) >= 11 is 0. The maximum atomic E-state index is 12.5. The lowest BCUT2D eigenvalue weighted by atomic mass is 10.2. The topological polar surface area (TPSA) is 86.0 Å². The first kappa shape index (κ1) is 23.0. The number of piperazine rings is 1. The van der Waals surface area contributed by atoms with Gasteiger partial charge in [-0.05, 0) is 24.3 Å². The van der Waals surface area contributed by atoms with Gasteiger partial charge >= 0.3 is 0 Å². The Morgan fingerprint density at radius 1 is 1.14 bits per heavy atom. The third-order valence-electron chi connectivity index (χ3n) is 4.70. The number of halogens is 1. The van der Waals surface area contributed by atoms with Crippen LogP contribution in [-0.2, 0) is 11.2 Å². The lowest BCUT2D eigenvalue weighted by molar-refractivity contribution is -0.131. The Bertz CT molecular complexity index is 746. The smallest absolute Gasteiger partial charge is 0.224 e. The van der Waals surface area contributed by atoms with Crippen molar-refractivity contribution in [1.82, 2.24) is 20.5 Å². The maximum Gasteiger partial charge on any atom is 0.224 e. The molecule has 158 valence electrons. The van der Waals surface area contributed by atoms with Crippen LogP contribution in [0.4, 0.5) is 5.82 Å². The molecule has 0 saturated carbocycles. The highest BCUT2D eigenvalue weighted by molar-refractivity contribution is 14.0. The standard InChI is InChI=1S/C20H28N6O2.HI/c1-21-20(23-10-7-17-5-4-16-28-17)24-11-8-19(27)26-14-12-25(13-15-26)18-6-2-3-9-22-18;/h2-6,9,16H,7-8,10-15H2,1H3,(H2,21,23,24);1H. The predicted octanol–water partition coefficient (Wildman–Crippen LogP) is 1.74. The van der Waals surface area contributed by atoms with Crippen LogP contribution in [0.25, 0.3) is 0 Å². The number of hydrogen-bond acceptors (Lipinski definition) is 5. The van der Waals surface area contributed by atoms with E-state index in [1.807, 2.05) is 35.2 Å². The first-order chi connectivity index (χ1) is 13.8. The van der Waals surface area contributed by atoms with Gasteiger partial charge in [-0.25, -0.2) is 4.98 Å². The number of anilines is 1. The molecule has 2 aromatic heterocycles. The molecule has 8 nitrogen and oxygen atoms in total. The average molecular weight is 512 g/mol. The van der Waals surface area contributed by atoms with Gasteiger partial charge < -0.3 is 24.9 Å². The molecule has 1 aliphatic rings. The van der Waals surface area contributed by atoms with Gasteiger partial charge in [-0.2, -0.15) is 0 Å². The van der Waals surface area contributed by atoms with E-state index in [0.29, 0.717) is 18.9 Å². The Kier molecular flexibility index (Phi) is 9.75. The van der Waals surface area contributed by atoms with Crippen molar-refractivity contribution in [2.75, 3.05) is 51.2 Å². The normalized spacial score (nSPS) is 14.3. The van der Waals surface area contributed by atoms with Crippen LogP contribution in [0, 0.1) is 0 Å². The van der Waals surface area contributed by atoms with Gasteiger partial charge in [-0.3, -0.25) is 9.79 Å². The number of aliphatic imine (C=N–C) groups is 1. The van der Waals surface area contributed by atoms with E-state index in [9.17, 15) is 4.79 Å². The van der Waals surface area contributed by atoms with Crippen LogP contribution >= 0.6 is 24.0 Å². The molecule has 0 unspecified atom stereocenters. The van der Waals surface area contributed by atoms with Gasteiger partial charge in [-0.15, -0.1) is 24.0 Å². The van der Waals surface area contributed by atoms with E-state index in [0.717, 1.165) is 50.7 Å². The van der Waals surface area contributed by atoms with Gasteiger partial charge in [0.2, 0.25) is 5.91 Å². The molecule has 1 saturated heterocycles. The third kappa shape index (κ3) is 7.22. The molecule has 0 atom stereocenters. The first-order valence-electron chi connectivity index (χ1n) is 9.67. The van der Waals surface area contributed by atoms with Crippen LogP contribution in [-0.4, -0.2) is 68.1 Å². The highest BCUT2D eigenvalue weighted by Crippen LogP contribution is 2.12. The van der Waals surface area contributed by atoms with Crippen molar-refractivity contribution in [2.45, 2.75) is 12.8 Å². The largest absolute Gasteiger partial charge is 0.469 e. The second-order valence-corrected chi connectivity index (χ2v) is 6.56. The summed E-state index contributed by atoms with van der Waals surface area (Å²) in [6, 6.07) is 9.73. The van der Waals surface area contributed by atoms with E-state index >= 15 is 0 Å². The predicted molar refractivity (Wildman–Crippen MR) is 125 cm³/mol. The van der Waals surface area contributed by atoms with Gasteiger partial charge in [0.1, 0.15) is 11.6 Å². The number of pyridine rings is 1. The number of hydrogen-bond donors (Lipinski definition) is 2. The molecule has 1 aliphatic heterocycles. The molecule has 0 aromatic carbocycles. The number of amides is 1. The fourth-order valence-corrected chi connectivity index (χ4v) is 3.15.